The molecule has 7 heteroatoms. The molecule has 1 amide bonds. The lowest BCUT2D eigenvalue weighted by Gasteiger charge is -2.23. The topological polar surface area (TPSA) is 81.6 Å². The molecule has 0 spiro atoms. The van der Waals surface area contributed by atoms with Gasteiger partial charge >= 0.3 is 0 Å². The Morgan fingerprint density at radius 3 is 1.83 bits per heavy atom. The summed E-state index contributed by atoms with van der Waals surface area (Å²) in [6.07, 6.45) is 21.9. The summed E-state index contributed by atoms with van der Waals surface area (Å²) in [6, 6.07) is 0. The Labute approximate surface area is 223 Å². The van der Waals surface area contributed by atoms with Gasteiger partial charge < -0.3 is 14.9 Å². The van der Waals surface area contributed by atoms with Crippen molar-refractivity contribution < 1.29 is 24.2 Å². The number of hydroxylamine groups is 3. The summed E-state index contributed by atoms with van der Waals surface area (Å²) in [5.74, 6) is 0.211. The normalized spacial score (nSPS) is 13.4. The molecular formula is C29H62N4O3+2. The van der Waals surface area contributed by atoms with Crippen LogP contribution in [0.4, 0.5) is 0 Å². The van der Waals surface area contributed by atoms with Crippen LogP contribution in [0.25, 0.3) is 0 Å². The number of rotatable bonds is 25. The number of aliphatic hydroxyl groups is 1. The third kappa shape index (κ3) is 29.2. The molecule has 0 heterocycles. The summed E-state index contributed by atoms with van der Waals surface area (Å²) in [7, 11) is 10.1. The lowest BCUT2D eigenvalue weighted by molar-refractivity contribution is -1.07. The van der Waals surface area contributed by atoms with E-state index in [1.165, 1.54) is 57.8 Å². The molecule has 1 atom stereocenters. The van der Waals surface area contributed by atoms with Gasteiger partial charge in [0.05, 0.1) is 41.8 Å². The molecule has 0 fully saturated rings. The number of allylic oxidation sites excluding steroid dienone is 2. The van der Waals surface area contributed by atoms with Gasteiger partial charge in [0, 0.05) is 32.4 Å². The van der Waals surface area contributed by atoms with E-state index in [-0.39, 0.29) is 10.6 Å². The summed E-state index contributed by atoms with van der Waals surface area (Å²) < 4.78 is 0.927. The maximum Gasteiger partial charge on any atom is 0.219 e. The Hall–Kier alpha value is -0.990. The molecule has 0 saturated carbocycles. The molecule has 0 radical (unpaired) electrons. The highest BCUT2D eigenvalue weighted by atomic mass is 16.5. The van der Waals surface area contributed by atoms with Gasteiger partial charge in [-0.05, 0) is 44.9 Å². The smallest absolute Gasteiger partial charge is 0.219 e. The van der Waals surface area contributed by atoms with Crippen molar-refractivity contribution in [1.82, 2.24) is 10.6 Å². The molecule has 36 heavy (non-hydrogen) atoms. The van der Waals surface area contributed by atoms with Crippen molar-refractivity contribution >= 4 is 5.91 Å². The minimum absolute atomic E-state index is 0.0204. The first-order chi connectivity index (χ1) is 17.0. The molecular weight excluding hydrogens is 452 g/mol. The SMILES string of the molecule is C[N+](C)(C)CCCNC(=O)CCCCCCC/C=C/CCCCCCCC(O)NCCC[N+](C)(C)O. The minimum atomic E-state index is -0.422. The van der Waals surface area contributed by atoms with Crippen LogP contribution >= 0.6 is 0 Å². The Morgan fingerprint density at radius 2 is 1.25 bits per heavy atom. The van der Waals surface area contributed by atoms with Crippen molar-refractivity contribution in [2.24, 2.45) is 0 Å². The number of carbonyl (C=O) groups is 1. The van der Waals surface area contributed by atoms with Crippen molar-refractivity contribution in [3.05, 3.63) is 12.2 Å². The molecule has 0 aliphatic rings. The van der Waals surface area contributed by atoms with Gasteiger partial charge in [0.1, 0.15) is 12.8 Å². The van der Waals surface area contributed by atoms with Gasteiger partial charge in [0.2, 0.25) is 5.91 Å². The number of nitrogens with zero attached hydrogens (tertiary/aromatic N) is 2. The fourth-order valence-corrected chi connectivity index (χ4v) is 4.15. The summed E-state index contributed by atoms with van der Waals surface area (Å²) in [4.78, 5) is 11.9. The van der Waals surface area contributed by atoms with Gasteiger partial charge in [-0.3, -0.25) is 10.1 Å². The van der Waals surface area contributed by atoms with Gasteiger partial charge in [-0.2, -0.15) is 4.65 Å². The number of amides is 1. The molecule has 214 valence electrons. The highest BCUT2D eigenvalue weighted by Crippen LogP contribution is 2.10. The van der Waals surface area contributed by atoms with E-state index in [2.05, 4.69) is 43.9 Å². The molecule has 0 aliphatic heterocycles. The van der Waals surface area contributed by atoms with Crippen LogP contribution in [-0.2, 0) is 4.79 Å². The maximum atomic E-state index is 11.9. The predicted octanol–water partition coefficient (Wildman–Crippen LogP) is 4.98. The van der Waals surface area contributed by atoms with Gasteiger partial charge in [0.15, 0.2) is 0 Å². The highest BCUT2D eigenvalue weighted by Gasteiger charge is 2.10. The second-order valence-electron chi connectivity index (χ2n) is 12.0. The van der Waals surface area contributed by atoms with Crippen molar-refractivity contribution in [2.45, 2.75) is 109 Å². The summed E-state index contributed by atoms with van der Waals surface area (Å²) in [6.45, 7) is 3.32. The lowest BCUT2D eigenvalue weighted by atomic mass is 10.1. The maximum absolute atomic E-state index is 11.9. The van der Waals surface area contributed by atoms with Crippen LogP contribution in [0.3, 0.4) is 0 Å². The number of hydrogen-bond acceptors (Lipinski definition) is 4. The Balaban J connectivity index is 3.33. The first-order valence-electron chi connectivity index (χ1n) is 14.7. The first kappa shape index (κ1) is 35.0. The van der Waals surface area contributed by atoms with E-state index in [1.54, 1.807) is 14.1 Å². The second kappa shape index (κ2) is 22.0. The van der Waals surface area contributed by atoms with Crippen LogP contribution in [0.2, 0.25) is 0 Å². The molecule has 0 rings (SSSR count). The Morgan fingerprint density at radius 1 is 0.722 bits per heavy atom. The molecule has 0 saturated heterocycles. The van der Waals surface area contributed by atoms with E-state index in [0.29, 0.717) is 13.0 Å². The standard InChI is InChI=1S/C29H61N4O3/c1-32(2,3)26-20-24-30-28(34)22-18-16-14-12-10-8-6-7-9-11-13-15-17-19-23-29(35)31-25-21-27-33(4,5)36/h6-7,29,31,35-36H,8-27H2,1-5H3/q+1/p+1/b7-6+. The number of unbranched alkanes of at least 4 members (excludes halogenated alkanes) is 10. The number of nitrogens with one attached hydrogen (secondary N) is 2. The molecule has 7 nitrogen and oxygen atoms in total. The first-order valence-corrected chi connectivity index (χ1v) is 14.7. The van der Waals surface area contributed by atoms with Crippen molar-refractivity contribution in [3.63, 3.8) is 0 Å². The second-order valence-corrected chi connectivity index (χ2v) is 12.0. The predicted molar refractivity (Wildman–Crippen MR) is 152 cm³/mol. The van der Waals surface area contributed by atoms with E-state index in [9.17, 15) is 15.1 Å². The summed E-state index contributed by atoms with van der Waals surface area (Å²) >= 11 is 0. The molecule has 0 aliphatic carbocycles. The highest BCUT2D eigenvalue weighted by molar-refractivity contribution is 5.75. The number of carbonyl (C=O) groups excluding carboxylic acids is 1. The third-order valence-electron chi connectivity index (χ3n) is 6.38. The monoisotopic (exact) mass is 514 g/mol. The fourth-order valence-electron chi connectivity index (χ4n) is 4.15. The average Bonchev–Trinajstić information content (AvgIpc) is 2.78. The molecule has 0 aromatic rings. The van der Waals surface area contributed by atoms with E-state index in [4.69, 9.17) is 0 Å². The van der Waals surface area contributed by atoms with Crippen molar-refractivity contribution in [3.8, 4) is 0 Å². The van der Waals surface area contributed by atoms with E-state index in [0.717, 1.165) is 62.6 Å². The number of aliphatic hydroxyl groups excluding tert-OH is 1. The van der Waals surface area contributed by atoms with Crippen LogP contribution in [-0.4, -0.2) is 93.0 Å². The van der Waals surface area contributed by atoms with Gasteiger partial charge in [-0.25, -0.2) is 5.21 Å². The quantitative estimate of drug-likeness (QED) is 0.0455. The Bertz CT molecular complexity index is 542. The Kier molecular flexibility index (Phi) is 21.4. The number of quaternary nitrogens is 2. The fraction of sp³-hybridized carbons (Fsp3) is 0.897. The van der Waals surface area contributed by atoms with Crippen LogP contribution in [0, 0.1) is 0 Å². The number of hydrogen-bond donors (Lipinski definition) is 4. The van der Waals surface area contributed by atoms with E-state index >= 15 is 0 Å². The molecule has 4 N–H and O–H groups in total. The van der Waals surface area contributed by atoms with E-state index < -0.39 is 6.23 Å². The van der Waals surface area contributed by atoms with Crippen LogP contribution in [0.15, 0.2) is 12.2 Å². The average molecular weight is 515 g/mol. The molecule has 0 aromatic heterocycles. The van der Waals surface area contributed by atoms with Gasteiger partial charge in [0.25, 0.3) is 0 Å². The minimum Gasteiger partial charge on any atom is -0.379 e. The summed E-state index contributed by atoms with van der Waals surface area (Å²) in [5.41, 5.74) is 0. The third-order valence-corrected chi connectivity index (χ3v) is 6.38. The van der Waals surface area contributed by atoms with Crippen LogP contribution in [0.5, 0.6) is 0 Å². The van der Waals surface area contributed by atoms with Gasteiger partial charge in [-0.1, -0.05) is 50.7 Å². The molecule has 0 aromatic carbocycles. The van der Waals surface area contributed by atoms with Crippen LogP contribution < -0.4 is 10.6 Å². The van der Waals surface area contributed by atoms with Gasteiger partial charge in [-0.15, -0.1) is 0 Å². The largest absolute Gasteiger partial charge is 0.379 e. The van der Waals surface area contributed by atoms with Crippen LogP contribution in [0.1, 0.15) is 103 Å². The zero-order valence-corrected chi connectivity index (χ0v) is 24.6. The molecule has 0 bridgehead atoms. The zero-order valence-electron chi connectivity index (χ0n) is 24.6. The lowest BCUT2D eigenvalue weighted by Crippen LogP contribution is -2.38. The van der Waals surface area contributed by atoms with Crippen molar-refractivity contribution in [2.75, 3.05) is 61.4 Å². The summed E-state index contributed by atoms with van der Waals surface area (Å²) in [5, 5.41) is 25.8. The van der Waals surface area contributed by atoms with E-state index in [1.807, 2.05) is 0 Å². The van der Waals surface area contributed by atoms with Crippen molar-refractivity contribution in [1.29, 1.82) is 0 Å². The molecule has 1 unspecified atom stereocenters. The zero-order chi connectivity index (χ0) is 27.1.